The maximum atomic E-state index is 13.2. The molecule has 2 rings (SSSR count). The van der Waals surface area contributed by atoms with E-state index in [-0.39, 0.29) is 29.7 Å². The molecule has 1 atom stereocenters. The van der Waals surface area contributed by atoms with E-state index in [2.05, 4.69) is 15.9 Å². The zero-order valence-corrected chi connectivity index (χ0v) is 10.9. The summed E-state index contributed by atoms with van der Waals surface area (Å²) in [5, 5.41) is 0. The number of nitrogens with two attached hydrogens (primary N) is 1. The van der Waals surface area contributed by atoms with Crippen LogP contribution in [0.25, 0.3) is 0 Å². The molecule has 0 radical (unpaired) electrons. The summed E-state index contributed by atoms with van der Waals surface area (Å²) in [7, 11) is 0. The molecule has 1 heterocycles. The van der Waals surface area contributed by atoms with Gasteiger partial charge in [-0.25, -0.2) is 4.39 Å². The highest BCUT2D eigenvalue weighted by Crippen LogP contribution is 2.38. The molecule has 100 valence electrons. The zero-order valence-electron chi connectivity index (χ0n) is 9.27. The second kappa shape index (κ2) is 4.60. The molecule has 7 heteroatoms. The molecule has 0 spiro atoms. The molecule has 18 heavy (non-hydrogen) atoms. The molecule has 0 aliphatic carbocycles. The fraction of sp³-hybridized carbons (Fsp3) is 0.455. The first kappa shape index (κ1) is 13.5. The lowest BCUT2D eigenvalue weighted by Crippen LogP contribution is -2.27. The Kier molecular flexibility index (Phi) is 3.44. The van der Waals surface area contributed by atoms with Gasteiger partial charge in [0.05, 0.1) is 21.8 Å². The molecule has 1 aromatic carbocycles. The average Bonchev–Trinajstić information content (AvgIpc) is 2.72. The highest BCUT2D eigenvalue weighted by molar-refractivity contribution is 9.10. The third kappa shape index (κ3) is 2.55. The lowest BCUT2D eigenvalue weighted by molar-refractivity contribution is -0.168. The van der Waals surface area contributed by atoms with Crippen molar-refractivity contribution >= 4 is 27.3 Å². The van der Waals surface area contributed by atoms with E-state index in [1.807, 2.05) is 0 Å². The van der Waals surface area contributed by atoms with E-state index in [9.17, 15) is 17.6 Å². The fourth-order valence-corrected chi connectivity index (χ4v) is 2.40. The summed E-state index contributed by atoms with van der Waals surface area (Å²) in [5.74, 6) is -1.87. The maximum absolute atomic E-state index is 13.2. The summed E-state index contributed by atoms with van der Waals surface area (Å²) < 4.78 is 51.1. The van der Waals surface area contributed by atoms with Crippen molar-refractivity contribution in [2.75, 3.05) is 23.7 Å². The standard InChI is InChI=1S/C11H11BrF4N2/c12-7-3-10(9(17)4-8(7)13)18-2-1-6(5-18)11(14,15)16/h3-4,6H,1-2,5,17H2. The van der Waals surface area contributed by atoms with Crippen LogP contribution in [0.4, 0.5) is 28.9 Å². The van der Waals surface area contributed by atoms with E-state index in [0.29, 0.717) is 5.69 Å². The van der Waals surface area contributed by atoms with Gasteiger partial charge in [0.15, 0.2) is 0 Å². The number of hydrogen-bond donors (Lipinski definition) is 1. The van der Waals surface area contributed by atoms with Crippen molar-refractivity contribution in [3.8, 4) is 0 Å². The van der Waals surface area contributed by atoms with E-state index in [1.54, 1.807) is 0 Å². The Morgan fingerprint density at radius 2 is 2.00 bits per heavy atom. The molecule has 1 aliphatic rings. The lowest BCUT2D eigenvalue weighted by Gasteiger charge is -2.21. The Bertz CT molecular complexity index is 461. The molecule has 0 aromatic heterocycles. The molecule has 0 amide bonds. The van der Waals surface area contributed by atoms with E-state index >= 15 is 0 Å². The Morgan fingerprint density at radius 1 is 1.33 bits per heavy atom. The largest absolute Gasteiger partial charge is 0.397 e. The second-order valence-corrected chi connectivity index (χ2v) is 5.15. The lowest BCUT2D eigenvalue weighted by atomic mass is 10.1. The predicted octanol–water partition coefficient (Wildman–Crippen LogP) is 3.56. The zero-order chi connectivity index (χ0) is 13.5. The molecule has 1 aromatic rings. The SMILES string of the molecule is Nc1cc(F)c(Br)cc1N1CCC(C(F)(F)F)C1. The van der Waals surface area contributed by atoms with Crippen LogP contribution in [-0.4, -0.2) is 19.3 Å². The third-order valence-electron chi connectivity index (χ3n) is 3.06. The quantitative estimate of drug-likeness (QED) is 0.631. The van der Waals surface area contributed by atoms with Gasteiger partial charge in [0, 0.05) is 19.2 Å². The van der Waals surface area contributed by atoms with Gasteiger partial charge in [0.25, 0.3) is 0 Å². The van der Waals surface area contributed by atoms with E-state index < -0.39 is 17.9 Å². The number of benzene rings is 1. The minimum Gasteiger partial charge on any atom is -0.397 e. The van der Waals surface area contributed by atoms with Crippen molar-refractivity contribution in [1.82, 2.24) is 0 Å². The Hall–Kier alpha value is -0.980. The number of rotatable bonds is 1. The third-order valence-corrected chi connectivity index (χ3v) is 3.67. The average molecular weight is 327 g/mol. The molecule has 2 nitrogen and oxygen atoms in total. The van der Waals surface area contributed by atoms with Gasteiger partial charge in [-0.15, -0.1) is 0 Å². The van der Waals surface area contributed by atoms with Gasteiger partial charge in [-0.2, -0.15) is 13.2 Å². The predicted molar refractivity (Wildman–Crippen MR) is 64.9 cm³/mol. The van der Waals surface area contributed by atoms with Crippen LogP contribution in [0.2, 0.25) is 0 Å². The number of alkyl halides is 3. The van der Waals surface area contributed by atoms with Gasteiger partial charge in [-0.1, -0.05) is 0 Å². The summed E-state index contributed by atoms with van der Waals surface area (Å²) in [6, 6.07) is 2.53. The van der Waals surface area contributed by atoms with E-state index in [1.165, 1.54) is 11.0 Å². The summed E-state index contributed by atoms with van der Waals surface area (Å²) in [6.07, 6.45) is -4.15. The van der Waals surface area contributed by atoms with Gasteiger partial charge < -0.3 is 10.6 Å². The van der Waals surface area contributed by atoms with Crippen LogP contribution in [0.5, 0.6) is 0 Å². The van der Waals surface area contributed by atoms with Gasteiger partial charge in [-0.05, 0) is 28.4 Å². The maximum Gasteiger partial charge on any atom is 0.393 e. The number of anilines is 2. The van der Waals surface area contributed by atoms with Gasteiger partial charge in [0.1, 0.15) is 5.82 Å². The minimum atomic E-state index is -4.19. The summed E-state index contributed by atoms with van der Waals surface area (Å²) >= 11 is 3.00. The first-order chi connectivity index (χ1) is 8.29. The minimum absolute atomic E-state index is 0.0396. The molecular weight excluding hydrogens is 316 g/mol. The summed E-state index contributed by atoms with van der Waals surface area (Å²) in [4.78, 5) is 1.54. The van der Waals surface area contributed by atoms with Crippen LogP contribution in [0, 0.1) is 11.7 Å². The van der Waals surface area contributed by atoms with Crippen LogP contribution in [0.1, 0.15) is 6.42 Å². The highest BCUT2D eigenvalue weighted by Gasteiger charge is 2.43. The van der Waals surface area contributed by atoms with Crippen molar-refractivity contribution in [3.63, 3.8) is 0 Å². The number of nitrogens with zero attached hydrogens (tertiary/aromatic N) is 1. The molecular formula is C11H11BrF4N2. The summed E-state index contributed by atoms with van der Waals surface area (Å²) in [6.45, 7) is 0.137. The Labute approximate surface area is 110 Å². The smallest absolute Gasteiger partial charge is 0.393 e. The van der Waals surface area contributed by atoms with Crippen molar-refractivity contribution in [3.05, 3.63) is 22.4 Å². The van der Waals surface area contributed by atoms with Crippen molar-refractivity contribution in [2.45, 2.75) is 12.6 Å². The summed E-state index contributed by atoms with van der Waals surface area (Å²) in [5.41, 5.74) is 6.23. The molecule has 2 N–H and O–H groups in total. The molecule has 1 fully saturated rings. The van der Waals surface area contributed by atoms with Gasteiger partial charge in [0.2, 0.25) is 0 Å². The second-order valence-electron chi connectivity index (χ2n) is 4.30. The topological polar surface area (TPSA) is 29.3 Å². The van der Waals surface area contributed by atoms with Crippen molar-refractivity contribution in [1.29, 1.82) is 0 Å². The Balaban J connectivity index is 2.22. The van der Waals surface area contributed by atoms with Crippen LogP contribution in [0.15, 0.2) is 16.6 Å². The number of halogens is 5. The fourth-order valence-electron chi connectivity index (χ4n) is 2.07. The van der Waals surface area contributed by atoms with E-state index in [0.717, 1.165) is 6.07 Å². The monoisotopic (exact) mass is 326 g/mol. The van der Waals surface area contributed by atoms with Crippen LogP contribution in [0.3, 0.4) is 0 Å². The number of hydrogen-bond acceptors (Lipinski definition) is 2. The molecule has 1 aliphatic heterocycles. The van der Waals surface area contributed by atoms with Crippen molar-refractivity contribution < 1.29 is 17.6 Å². The number of nitrogen functional groups attached to an aromatic ring is 1. The van der Waals surface area contributed by atoms with Crippen LogP contribution >= 0.6 is 15.9 Å². The van der Waals surface area contributed by atoms with Gasteiger partial charge >= 0.3 is 6.18 Å². The van der Waals surface area contributed by atoms with Crippen LogP contribution in [-0.2, 0) is 0 Å². The molecule has 0 saturated carbocycles. The molecule has 0 bridgehead atoms. The van der Waals surface area contributed by atoms with E-state index in [4.69, 9.17) is 5.73 Å². The first-order valence-electron chi connectivity index (χ1n) is 5.35. The highest BCUT2D eigenvalue weighted by atomic mass is 79.9. The van der Waals surface area contributed by atoms with Gasteiger partial charge in [-0.3, -0.25) is 0 Å². The van der Waals surface area contributed by atoms with Crippen molar-refractivity contribution in [2.24, 2.45) is 5.92 Å². The normalized spacial score (nSPS) is 20.5. The molecule has 1 saturated heterocycles. The first-order valence-corrected chi connectivity index (χ1v) is 6.14. The molecule has 1 unspecified atom stereocenters. The van der Waals surface area contributed by atoms with Crippen LogP contribution < -0.4 is 10.6 Å². The Morgan fingerprint density at radius 3 is 2.56 bits per heavy atom.